The highest BCUT2D eigenvalue weighted by atomic mass is 15.2. The number of aromatic amines is 1. The molecule has 0 radical (unpaired) electrons. The average molecular weight is 251 g/mol. The van der Waals surface area contributed by atoms with E-state index in [4.69, 9.17) is 5.73 Å². The first-order chi connectivity index (χ1) is 9.25. The number of aromatic nitrogens is 4. The molecule has 0 saturated heterocycles. The molecular formula is C14H13N5. The van der Waals surface area contributed by atoms with Crippen LogP contribution in [0.2, 0.25) is 0 Å². The number of benzene rings is 1. The van der Waals surface area contributed by atoms with E-state index in [1.807, 2.05) is 25.1 Å². The van der Waals surface area contributed by atoms with Gasteiger partial charge in [-0.25, -0.2) is 9.97 Å². The number of nitrogens with one attached hydrogen (secondary N) is 1. The van der Waals surface area contributed by atoms with Gasteiger partial charge >= 0.3 is 0 Å². The third-order valence-corrected chi connectivity index (χ3v) is 2.95. The molecule has 3 aromatic rings. The van der Waals surface area contributed by atoms with E-state index in [0.717, 1.165) is 22.4 Å². The molecular weight excluding hydrogens is 238 g/mol. The minimum absolute atomic E-state index is 0.476. The van der Waals surface area contributed by atoms with Crippen molar-refractivity contribution in [1.82, 2.24) is 20.2 Å². The maximum Gasteiger partial charge on any atom is 0.153 e. The molecule has 0 aliphatic carbocycles. The van der Waals surface area contributed by atoms with E-state index in [9.17, 15) is 0 Å². The number of anilines is 1. The largest absolute Gasteiger partial charge is 0.382 e. The van der Waals surface area contributed by atoms with Gasteiger partial charge in [-0.05, 0) is 12.5 Å². The Bertz CT molecular complexity index is 703. The molecule has 0 amide bonds. The normalized spacial score (nSPS) is 10.6. The van der Waals surface area contributed by atoms with Gasteiger partial charge in [0.05, 0.1) is 11.3 Å². The second-order valence-electron chi connectivity index (χ2n) is 4.36. The van der Waals surface area contributed by atoms with E-state index < -0.39 is 0 Å². The molecule has 1 aromatic carbocycles. The third kappa shape index (κ3) is 2.06. The molecule has 0 bridgehead atoms. The summed E-state index contributed by atoms with van der Waals surface area (Å²) in [5, 5.41) is 7.05. The van der Waals surface area contributed by atoms with Gasteiger partial charge in [0.2, 0.25) is 0 Å². The highest BCUT2D eigenvalue weighted by Gasteiger charge is 2.14. The summed E-state index contributed by atoms with van der Waals surface area (Å²) in [4.78, 5) is 8.05. The Balaban J connectivity index is 2.20. The molecule has 94 valence electrons. The summed E-state index contributed by atoms with van der Waals surface area (Å²) >= 11 is 0. The van der Waals surface area contributed by atoms with Crippen molar-refractivity contribution in [3.05, 3.63) is 48.5 Å². The van der Waals surface area contributed by atoms with Crippen LogP contribution in [0.5, 0.6) is 0 Å². The number of hydrogen-bond donors (Lipinski definition) is 2. The van der Waals surface area contributed by atoms with Crippen LogP contribution in [0.15, 0.2) is 43.0 Å². The van der Waals surface area contributed by atoms with Crippen molar-refractivity contribution >= 4 is 5.82 Å². The molecule has 0 fully saturated rings. The van der Waals surface area contributed by atoms with Crippen LogP contribution in [0.1, 0.15) is 5.56 Å². The van der Waals surface area contributed by atoms with Crippen molar-refractivity contribution in [3.8, 4) is 22.4 Å². The zero-order valence-corrected chi connectivity index (χ0v) is 10.5. The van der Waals surface area contributed by atoms with Crippen LogP contribution in [-0.2, 0) is 0 Å². The lowest BCUT2D eigenvalue weighted by atomic mass is 10.0. The maximum atomic E-state index is 5.98. The number of nitrogen functional groups attached to an aromatic ring is 1. The standard InChI is InChI=1S/C14H13N5/c1-9-3-2-4-10(5-9)12-13(18-19-14(12)15)11-6-16-8-17-7-11/h2-8H,1H3,(H3,15,18,19). The zero-order valence-electron chi connectivity index (χ0n) is 10.5. The summed E-state index contributed by atoms with van der Waals surface area (Å²) in [5.74, 6) is 0.476. The topological polar surface area (TPSA) is 80.5 Å². The first kappa shape index (κ1) is 11.4. The summed E-state index contributed by atoms with van der Waals surface area (Å²) in [6.07, 6.45) is 4.97. The van der Waals surface area contributed by atoms with Gasteiger partial charge < -0.3 is 5.73 Å². The van der Waals surface area contributed by atoms with Gasteiger partial charge in [0.25, 0.3) is 0 Å². The van der Waals surface area contributed by atoms with Gasteiger partial charge in [-0.1, -0.05) is 29.8 Å². The summed E-state index contributed by atoms with van der Waals surface area (Å²) in [6, 6.07) is 8.14. The smallest absolute Gasteiger partial charge is 0.153 e. The van der Waals surface area contributed by atoms with Crippen LogP contribution >= 0.6 is 0 Å². The van der Waals surface area contributed by atoms with Gasteiger partial charge in [-0.2, -0.15) is 5.10 Å². The minimum atomic E-state index is 0.476. The first-order valence-corrected chi connectivity index (χ1v) is 5.92. The zero-order chi connectivity index (χ0) is 13.2. The summed E-state index contributed by atoms with van der Waals surface area (Å²) < 4.78 is 0. The third-order valence-electron chi connectivity index (χ3n) is 2.95. The van der Waals surface area contributed by atoms with Crippen molar-refractivity contribution < 1.29 is 0 Å². The van der Waals surface area contributed by atoms with E-state index in [2.05, 4.69) is 26.2 Å². The molecule has 5 heteroatoms. The molecule has 0 aliphatic heterocycles. The van der Waals surface area contributed by atoms with E-state index in [-0.39, 0.29) is 0 Å². The number of H-pyrrole nitrogens is 1. The molecule has 0 aliphatic rings. The van der Waals surface area contributed by atoms with Crippen LogP contribution in [-0.4, -0.2) is 20.2 Å². The lowest BCUT2D eigenvalue weighted by Crippen LogP contribution is -1.90. The van der Waals surface area contributed by atoms with Crippen molar-refractivity contribution in [3.63, 3.8) is 0 Å². The monoisotopic (exact) mass is 251 g/mol. The predicted molar refractivity (Wildman–Crippen MR) is 74.2 cm³/mol. The van der Waals surface area contributed by atoms with Gasteiger partial charge in [-0.15, -0.1) is 0 Å². The Morgan fingerprint density at radius 1 is 1.11 bits per heavy atom. The van der Waals surface area contributed by atoms with Gasteiger partial charge in [-0.3, -0.25) is 5.10 Å². The van der Waals surface area contributed by atoms with Crippen LogP contribution < -0.4 is 5.73 Å². The van der Waals surface area contributed by atoms with E-state index in [1.54, 1.807) is 12.4 Å². The van der Waals surface area contributed by atoms with Crippen molar-refractivity contribution in [1.29, 1.82) is 0 Å². The van der Waals surface area contributed by atoms with Gasteiger partial charge in [0.15, 0.2) is 5.82 Å². The molecule has 0 atom stereocenters. The van der Waals surface area contributed by atoms with E-state index in [1.165, 1.54) is 11.9 Å². The Hall–Kier alpha value is -2.69. The van der Waals surface area contributed by atoms with Crippen LogP contribution in [0, 0.1) is 6.92 Å². The number of nitrogens with zero attached hydrogens (tertiary/aromatic N) is 3. The number of aryl methyl sites for hydroxylation is 1. The number of nitrogens with two attached hydrogens (primary N) is 1. The minimum Gasteiger partial charge on any atom is -0.382 e. The Kier molecular flexibility index (Phi) is 2.72. The second-order valence-corrected chi connectivity index (χ2v) is 4.36. The maximum absolute atomic E-state index is 5.98. The molecule has 0 spiro atoms. The Labute approximate surface area is 110 Å². The summed E-state index contributed by atoms with van der Waals surface area (Å²) in [5.41, 5.74) is 10.8. The molecule has 2 aromatic heterocycles. The van der Waals surface area contributed by atoms with Crippen LogP contribution in [0.3, 0.4) is 0 Å². The summed E-state index contributed by atoms with van der Waals surface area (Å²) in [7, 11) is 0. The quantitative estimate of drug-likeness (QED) is 0.733. The van der Waals surface area contributed by atoms with Crippen molar-refractivity contribution in [2.24, 2.45) is 0 Å². The van der Waals surface area contributed by atoms with Crippen LogP contribution in [0.25, 0.3) is 22.4 Å². The fourth-order valence-electron chi connectivity index (χ4n) is 2.09. The van der Waals surface area contributed by atoms with Crippen molar-refractivity contribution in [2.45, 2.75) is 6.92 Å². The highest BCUT2D eigenvalue weighted by molar-refractivity contribution is 5.87. The molecule has 5 nitrogen and oxygen atoms in total. The highest BCUT2D eigenvalue weighted by Crippen LogP contribution is 2.34. The predicted octanol–water partition coefficient (Wildman–Crippen LogP) is 2.42. The van der Waals surface area contributed by atoms with Gasteiger partial charge in [0.1, 0.15) is 6.33 Å². The molecule has 0 saturated carbocycles. The summed E-state index contributed by atoms with van der Waals surface area (Å²) in [6.45, 7) is 2.05. The molecule has 19 heavy (non-hydrogen) atoms. The fourth-order valence-corrected chi connectivity index (χ4v) is 2.09. The number of hydrogen-bond acceptors (Lipinski definition) is 4. The lowest BCUT2D eigenvalue weighted by Gasteiger charge is -2.05. The molecule has 2 heterocycles. The molecule has 3 N–H and O–H groups in total. The SMILES string of the molecule is Cc1cccc(-c2c(N)n[nH]c2-c2cncnc2)c1. The molecule has 0 unspecified atom stereocenters. The fraction of sp³-hybridized carbons (Fsp3) is 0.0714. The van der Waals surface area contributed by atoms with Crippen LogP contribution in [0.4, 0.5) is 5.82 Å². The molecule has 3 rings (SSSR count). The first-order valence-electron chi connectivity index (χ1n) is 5.92. The van der Waals surface area contributed by atoms with E-state index in [0.29, 0.717) is 5.82 Å². The Morgan fingerprint density at radius 3 is 2.63 bits per heavy atom. The second kappa shape index (κ2) is 4.53. The Morgan fingerprint density at radius 2 is 1.89 bits per heavy atom. The lowest BCUT2D eigenvalue weighted by molar-refractivity contribution is 1.09. The average Bonchev–Trinajstić information content (AvgIpc) is 2.82. The van der Waals surface area contributed by atoms with E-state index >= 15 is 0 Å². The van der Waals surface area contributed by atoms with Gasteiger partial charge in [0, 0.05) is 18.0 Å². The number of rotatable bonds is 2. The van der Waals surface area contributed by atoms with Crippen molar-refractivity contribution in [2.75, 3.05) is 5.73 Å².